The second kappa shape index (κ2) is 6.92. The number of aryl methyl sites for hydroxylation is 1. The highest BCUT2D eigenvalue weighted by Crippen LogP contribution is 2.21. The van der Waals surface area contributed by atoms with Crippen LogP contribution in [0.15, 0.2) is 65.1 Å². The zero-order valence-corrected chi connectivity index (χ0v) is 13.0. The lowest BCUT2D eigenvalue weighted by atomic mass is 10.2. The molecule has 3 aromatic rings. The van der Waals surface area contributed by atoms with E-state index in [0.717, 1.165) is 17.0 Å². The van der Waals surface area contributed by atoms with Crippen LogP contribution in [0.2, 0.25) is 0 Å². The molecule has 3 rings (SSSR count). The van der Waals surface area contributed by atoms with Crippen LogP contribution in [0.4, 0.5) is 0 Å². The molecule has 1 aromatic heterocycles. The summed E-state index contributed by atoms with van der Waals surface area (Å²) in [5, 5.41) is 2.90. The third kappa shape index (κ3) is 3.66. The molecule has 1 amide bonds. The molecule has 0 atom stereocenters. The first-order valence-electron chi connectivity index (χ1n) is 7.59. The van der Waals surface area contributed by atoms with Gasteiger partial charge in [-0.3, -0.25) is 4.79 Å². The molecule has 0 bridgehead atoms. The van der Waals surface area contributed by atoms with E-state index in [1.54, 1.807) is 12.1 Å². The van der Waals surface area contributed by atoms with Crippen molar-refractivity contribution in [1.29, 1.82) is 0 Å². The van der Waals surface area contributed by atoms with Crippen LogP contribution in [-0.2, 0) is 6.42 Å². The molecule has 0 radical (unpaired) electrons. The topological polar surface area (TPSA) is 55.1 Å². The van der Waals surface area contributed by atoms with Gasteiger partial charge in [-0.25, -0.2) is 4.98 Å². The number of benzene rings is 2. The first-order valence-corrected chi connectivity index (χ1v) is 7.59. The van der Waals surface area contributed by atoms with Crippen molar-refractivity contribution in [1.82, 2.24) is 10.3 Å². The molecule has 2 aromatic carbocycles. The molecule has 23 heavy (non-hydrogen) atoms. The van der Waals surface area contributed by atoms with Crippen molar-refractivity contribution in [2.45, 2.75) is 13.3 Å². The molecule has 0 aliphatic carbocycles. The van der Waals surface area contributed by atoms with Crippen molar-refractivity contribution >= 4 is 5.91 Å². The number of nitrogens with one attached hydrogen (secondary N) is 1. The van der Waals surface area contributed by atoms with E-state index in [9.17, 15) is 4.79 Å². The summed E-state index contributed by atoms with van der Waals surface area (Å²) in [4.78, 5) is 16.5. The summed E-state index contributed by atoms with van der Waals surface area (Å²) in [6.07, 6.45) is 0.640. The number of aromatic nitrogens is 1. The maximum atomic E-state index is 12.0. The summed E-state index contributed by atoms with van der Waals surface area (Å²) in [6.45, 7) is 2.42. The number of rotatable bonds is 5. The maximum absolute atomic E-state index is 12.0. The fourth-order valence-electron chi connectivity index (χ4n) is 2.35. The summed E-state index contributed by atoms with van der Waals surface area (Å²) in [5.41, 5.74) is 2.49. The van der Waals surface area contributed by atoms with E-state index in [0.29, 0.717) is 24.4 Å². The van der Waals surface area contributed by atoms with Crippen LogP contribution >= 0.6 is 0 Å². The van der Waals surface area contributed by atoms with Crippen molar-refractivity contribution in [3.63, 3.8) is 0 Å². The van der Waals surface area contributed by atoms with Crippen LogP contribution < -0.4 is 5.32 Å². The van der Waals surface area contributed by atoms with E-state index in [4.69, 9.17) is 4.42 Å². The number of oxazole rings is 1. The highest BCUT2D eigenvalue weighted by molar-refractivity contribution is 5.94. The highest BCUT2D eigenvalue weighted by atomic mass is 16.4. The van der Waals surface area contributed by atoms with E-state index in [2.05, 4.69) is 10.3 Å². The molecule has 1 N–H and O–H groups in total. The van der Waals surface area contributed by atoms with Gasteiger partial charge in [-0.1, -0.05) is 36.4 Å². The van der Waals surface area contributed by atoms with Crippen LogP contribution in [0.25, 0.3) is 11.5 Å². The lowest BCUT2D eigenvalue weighted by molar-refractivity contribution is 0.0954. The Bertz CT molecular complexity index is 780. The third-order valence-electron chi connectivity index (χ3n) is 3.60. The van der Waals surface area contributed by atoms with E-state index in [-0.39, 0.29) is 5.91 Å². The second-order valence-electron chi connectivity index (χ2n) is 5.26. The molecule has 4 heteroatoms. The van der Waals surface area contributed by atoms with Crippen LogP contribution in [-0.4, -0.2) is 17.4 Å². The quantitative estimate of drug-likeness (QED) is 0.783. The fourth-order valence-corrected chi connectivity index (χ4v) is 2.35. The number of hydrogen-bond donors (Lipinski definition) is 1. The Morgan fingerprint density at radius 1 is 1.04 bits per heavy atom. The number of carbonyl (C=O) groups is 1. The van der Waals surface area contributed by atoms with Crippen LogP contribution in [0.1, 0.15) is 21.8 Å². The van der Waals surface area contributed by atoms with Crippen LogP contribution in [0.3, 0.4) is 0 Å². The Morgan fingerprint density at radius 3 is 2.39 bits per heavy atom. The van der Waals surface area contributed by atoms with Gasteiger partial charge in [0.1, 0.15) is 5.76 Å². The lowest BCUT2D eigenvalue weighted by Crippen LogP contribution is -2.25. The van der Waals surface area contributed by atoms with Gasteiger partial charge in [-0.15, -0.1) is 0 Å². The highest BCUT2D eigenvalue weighted by Gasteiger charge is 2.11. The Hall–Kier alpha value is -2.88. The predicted molar refractivity (Wildman–Crippen MR) is 89.2 cm³/mol. The summed E-state index contributed by atoms with van der Waals surface area (Å²) in [5.74, 6) is 1.33. The van der Waals surface area contributed by atoms with Gasteiger partial charge in [-0.2, -0.15) is 0 Å². The monoisotopic (exact) mass is 306 g/mol. The Morgan fingerprint density at radius 2 is 1.70 bits per heavy atom. The molecule has 1 heterocycles. The SMILES string of the molecule is Cc1oc(-c2ccccc2)nc1CCNC(=O)c1ccccc1. The Kier molecular flexibility index (Phi) is 4.52. The molecule has 0 saturated heterocycles. The molecule has 0 unspecified atom stereocenters. The number of nitrogens with zero attached hydrogens (tertiary/aromatic N) is 1. The lowest BCUT2D eigenvalue weighted by Gasteiger charge is -2.03. The normalized spacial score (nSPS) is 10.5. The minimum atomic E-state index is -0.0740. The minimum Gasteiger partial charge on any atom is -0.441 e. The fraction of sp³-hybridized carbons (Fsp3) is 0.158. The molecule has 0 fully saturated rings. The standard InChI is InChI=1S/C19H18N2O2/c1-14-17(21-19(23-14)16-10-6-3-7-11-16)12-13-20-18(22)15-8-4-2-5-9-15/h2-11H,12-13H2,1H3,(H,20,22). The third-order valence-corrected chi connectivity index (χ3v) is 3.60. The first-order chi connectivity index (χ1) is 11.2. The maximum Gasteiger partial charge on any atom is 0.251 e. The van der Waals surface area contributed by atoms with Gasteiger partial charge in [0, 0.05) is 24.1 Å². The minimum absolute atomic E-state index is 0.0740. The summed E-state index contributed by atoms with van der Waals surface area (Å²) < 4.78 is 5.72. The van der Waals surface area contributed by atoms with Crippen LogP contribution in [0, 0.1) is 6.92 Å². The number of hydrogen-bond acceptors (Lipinski definition) is 3. The number of amides is 1. The Balaban J connectivity index is 1.61. The molecule has 0 aliphatic rings. The van der Waals surface area contributed by atoms with Crippen molar-refractivity contribution in [3.05, 3.63) is 77.7 Å². The van der Waals surface area contributed by atoms with Crippen molar-refractivity contribution in [2.24, 2.45) is 0 Å². The van der Waals surface area contributed by atoms with Gasteiger partial charge in [0.15, 0.2) is 0 Å². The predicted octanol–water partition coefficient (Wildman–Crippen LogP) is 3.62. The van der Waals surface area contributed by atoms with E-state index < -0.39 is 0 Å². The first kappa shape index (κ1) is 15.0. The average Bonchev–Trinajstić information content (AvgIpc) is 2.97. The Labute approximate surface area is 135 Å². The van der Waals surface area contributed by atoms with E-state index in [1.165, 1.54) is 0 Å². The molecular weight excluding hydrogens is 288 g/mol. The van der Waals surface area contributed by atoms with Gasteiger partial charge in [-0.05, 0) is 31.2 Å². The average molecular weight is 306 g/mol. The summed E-state index contributed by atoms with van der Waals surface area (Å²) in [7, 11) is 0. The van der Waals surface area contributed by atoms with Crippen molar-refractivity contribution in [2.75, 3.05) is 6.54 Å². The summed E-state index contributed by atoms with van der Waals surface area (Å²) in [6, 6.07) is 19.0. The molecule has 0 saturated carbocycles. The molecule has 4 nitrogen and oxygen atoms in total. The van der Waals surface area contributed by atoms with E-state index >= 15 is 0 Å². The molecular formula is C19H18N2O2. The zero-order valence-electron chi connectivity index (χ0n) is 13.0. The van der Waals surface area contributed by atoms with Crippen molar-refractivity contribution < 1.29 is 9.21 Å². The van der Waals surface area contributed by atoms with Crippen molar-refractivity contribution in [3.8, 4) is 11.5 Å². The second-order valence-corrected chi connectivity index (χ2v) is 5.26. The van der Waals surface area contributed by atoms with E-state index in [1.807, 2.05) is 55.5 Å². The largest absolute Gasteiger partial charge is 0.441 e. The van der Waals surface area contributed by atoms with Crippen LogP contribution in [0.5, 0.6) is 0 Å². The van der Waals surface area contributed by atoms with Gasteiger partial charge in [0.05, 0.1) is 5.69 Å². The zero-order chi connectivity index (χ0) is 16.1. The van der Waals surface area contributed by atoms with Gasteiger partial charge in [0.25, 0.3) is 5.91 Å². The smallest absolute Gasteiger partial charge is 0.251 e. The summed E-state index contributed by atoms with van der Waals surface area (Å²) >= 11 is 0. The molecule has 0 spiro atoms. The number of carbonyl (C=O) groups excluding carboxylic acids is 1. The van der Waals surface area contributed by atoms with Gasteiger partial charge >= 0.3 is 0 Å². The molecule has 0 aliphatic heterocycles. The van der Waals surface area contributed by atoms with Gasteiger partial charge < -0.3 is 9.73 Å². The molecule has 116 valence electrons. The van der Waals surface area contributed by atoms with Gasteiger partial charge in [0.2, 0.25) is 5.89 Å².